The molecule has 1 aromatic rings. The summed E-state index contributed by atoms with van der Waals surface area (Å²) in [4.78, 5) is 0. The number of hydrogen-bond donors (Lipinski definition) is 0. The van der Waals surface area contributed by atoms with Crippen molar-refractivity contribution in [3.05, 3.63) is 23.2 Å². The fourth-order valence-electron chi connectivity index (χ4n) is 3.50. The molecule has 0 amide bonds. The van der Waals surface area contributed by atoms with Crippen LogP contribution in [0.3, 0.4) is 0 Å². The second kappa shape index (κ2) is 12.4. The molecule has 0 fully saturated rings. The van der Waals surface area contributed by atoms with Gasteiger partial charge >= 0.3 is 159 Å². The molecular weight excluding hydrogens is 426 g/mol. The molecule has 0 radical (unpaired) electrons. The molecule has 0 aliphatic heterocycles. The van der Waals surface area contributed by atoms with Crippen LogP contribution in [-0.2, 0) is 4.74 Å². The number of methoxy groups -OCH3 is 1. The maximum atomic E-state index is 6.26. The summed E-state index contributed by atoms with van der Waals surface area (Å²) in [6.07, 6.45) is 7.86. The van der Waals surface area contributed by atoms with Crippen LogP contribution in [0.25, 0.3) is 0 Å². The predicted molar refractivity (Wildman–Crippen MR) is 108 cm³/mol. The third-order valence-corrected chi connectivity index (χ3v) is 20.8. The minimum atomic E-state index is -2.50. The van der Waals surface area contributed by atoms with E-state index in [1.807, 2.05) is 6.07 Å². The molecule has 0 bridgehead atoms. The van der Waals surface area contributed by atoms with Crippen LogP contribution < -0.4 is 8.32 Å². The first-order chi connectivity index (χ1) is 11.6. The Morgan fingerprint density at radius 1 is 0.917 bits per heavy atom. The van der Waals surface area contributed by atoms with E-state index in [0.717, 1.165) is 10.8 Å². The van der Waals surface area contributed by atoms with Crippen LogP contribution in [0.4, 0.5) is 0 Å². The number of rotatable bonds is 13. The van der Waals surface area contributed by atoms with E-state index in [-0.39, 0.29) is 0 Å². The molecule has 0 unspecified atom stereocenters. The summed E-state index contributed by atoms with van der Waals surface area (Å²) in [7, 11) is 1.67. The van der Waals surface area contributed by atoms with Gasteiger partial charge in [0.15, 0.2) is 0 Å². The SMILES string of the molecule is CCC[CH2][Sn]([CH2]CCC)([CH2]CCC)[c]1ccc(Cl)cc1OCOC. The summed E-state index contributed by atoms with van der Waals surface area (Å²) in [5, 5.41) is 0.756. The molecule has 0 aliphatic rings. The Kier molecular flexibility index (Phi) is 11.4. The van der Waals surface area contributed by atoms with Crippen molar-refractivity contribution >= 4 is 33.6 Å². The van der Waals surface area contributed by atoms with Gasteiger partial charge < -0.3 is 0 Å². The van der Waals surface area contributed by atoms with Gasteiger partial charge in [-0.2, -0.15) is 0 Å². The summed E-state index contributed by atoms with van der Waals surface area (Å²) in [5.41, 5.74) is 0. The van der Waals surface area contributed by atoms with E-state index in [9.17, 15) is 0 Å². The van der Waals surface area contributed by atoms with Gasteiger partial charge in [-0.1, -0.05) is 0 Å². The summed E-state index contributed by atoms with van der Waals surface area (Å²) in [6, 6.07) is 6.35. The molecular formula is C20H35ClO2Sn. The van der Waals surface area contributed by atoms with Crippen molar-refractivity contribution in [1.29, 1.82) is 0 Å². The molecule has 4 heteroatoms. The Bertz CT molecular complexity index is 443. The third-order valence-electron chi connectivity index (χ3n) is 4.87. The first kappa shape index (κ1) is 22.1. The van der Waals surface area contributed by atoms with Gasteiger partial charge in [-0.05, 0) is 0 Å². The molecule has 138 valence electrons. The molecule has 1 rings (SSSR count). The molecule has 0 N–H and O–H groups in total. The molecule has 0 saturated heterocycles. The normalized spacial score (nSPS) is 11.7. The molecule has 0 aromatic heterocycles. The Morgan fingerprint density at radius 2 is 1.46 bits per heavy atom. The van der Waals surface area contributed by atoms with Crippen molar-refractivity contribution in [2.24, 2.45) is 0 Å². The molecule has 2 nitrogen and oxygen atoms in total. The molecule has 0 atom stereocenters. The third kappa shape index (κ3) is 6.76. The van der Waals surface area contributed by atoms with Crippen molar-refractivity contribution in [2.75, 3.05) is 13.9 Å². The van der Waals surface area contributed by atoms with E-state index in [1.165, 1.54) is 55.4 Å². The van der Waals surface area contributed by atoms with E-state index in [0.29, 0.717) is 6.79 Å². The molecule has 0 aliphatic carbocycles. The summed E-state index contributed by atoms with van der Waals surface area (Å²) >= 11 is 3.76. The van der Waals surface area contributed by atoms with Crippen molar-refractivity contribution in [3.8, 4) is 5.75 Å². The molecule has 0 saturated carbocycles. The Balaban J connectivity index is 3.26. The molecule has 24 heavy (non-hydrogen) atoms. The van der Waals surface area contributed by atoms with Crippen molar-refractivity contribution in [2.45, 2.75) is 72.6 Å². The van der Waals surface area contributed by atoms with E-state index < -0.39 is 18.4 Å². The second-order valence-corrected chi connectivity index (χ2v) is 20.3. The van der Waals surface area contributed by atoms with Crippen LogP contribution >= 0.6 is 11.6 Å². The quantitative estimate of drug-likeness (QED) is 0.251. The van der Waals surface area contributed by atoms with Crippen LogP contribution in [0.5, 0.6) is 5.75 Å². The number of unbranched alkanes of at least 4 members (excludes halogenated alkanes) is 3. The number of halogens is 1. The fourth-order valence-corrected chi connectivity index (χ4v) is 20.1. The van der Waals surface area contributed by atoms with Crippen LogP contribution in [0, 0.1) is 0 Å². The van der Waals surface area contributed by atoms with Gasteiger partial charge in [0, 0.05) is 0 Å². The van der Waals surface area contributed by atoms with Gasteiger partial charge in [-0.25, -0.2) is 0 Å². The average Bonchev–Trinajstić information content (AvgIpc) is 2.60. The fraction of sp³-hybridized carbons (Fsp3) is 0.700. The minimum absolute atomic E-state index is 0.296. The topological polar surface area (TPSA) is 18.5 Å². The zero-order valence-corrected chi connectivity index (χ0v) is 19.6. The zero-order chi connectivity index (χ0) is 17.8. The predicted octanol–water partition coefficient (Wildman–Crippen LogP) is 6.38. The summed E-state index contributed by atoms with van der Waals surface area (Å²) in [6.45, 7) is 7.21. The van der Waals surface area contributed by atoms with Crippen molar-refractivity contribution < 1.29 is 9.47 Å². The Labute approximate surface area is 158 Å². The van der Waals surface area contributed by atoms with Gasteiger partial charge in [0.25, 0.3) is 0 Å². The standard InChI is InChI=1S/C8H8ClO2.3C4H9.Sn/c1-10-6-11-8-4-2-3-7(9)5-8;3*1-3-4-2;/h2-3,5H,6H2,1H3;3*1,3-4H2,2H3;. The first-order valence-electron chi connectivity index (χ1n) is 9.55. The Morgan fingerprint density at radius 3 is 1.92 bits per heavy atom. The van der Waals surface area contributed by atoms with Crippen LogP contribution in [0.2, 0.25) is 18.3 Å². The molecule has 0 heterocycles. The van der Waals surface area contributed by atoms with Crippen molar-refractivity contribution in [1.82, 2.24) is 0 Å². The Hall–Kier alpha value is 0.0687. The van der Waals surface area contributed by atoms with E-state index in [2.05, 4.69) is 32.9 Å². The van der Waals surface area contributed by atoms with E-state index in [4.69, 9.17) is 21.1 Å². The average molecular weight is 462 g/mol. The summed E-state index contributed by atoms with van der Waals surface area (Å²) < 4.78 is 16.9. The monoisotopic (exact) mass is 462 g/mol. The second-order valence-electron chi connectivity index (χ2n) is 6.78. The van der Waals surface area contributed by atoms with Gasteiger partial charge in [-0.15, -0.1) is 0 Å². The van der Waals surface area contributed by atoms with Gasteiger partial charge in [-0.3, -0.25) is 0 Å². The zero-order valence-electron chi connectivity index (χ0n) is 16.0. The van der Waals surface area contributed by atoms with Gasteiger partial charge in [0.05, 0.1) is 0 Å². The first-order valence-corrected chi connectivity index (χ1v) is 17.4. The molecule has 1 aromatic carbocycles. The maximum absolute atomic E-state index is 6.26. The number of benzene rings is 1. The van der Waals surface area contributed by atoms with Crippen LogP contribution in [0.15, 0.2) is 18.2 Å². The number of hydrogen-bond acceptors (Lipinski definition) is 2. The van der Waals surface area contributed by atoms with E-state index in [1.54, 1.807) is 7.11 Å². The van der Waals surface area contributed by atoms with Crippen LogP contribution in [-0.4, -0.2) is 32.3 Å². The van der Waals surface area contributed by atoms with Gasteiger partial charge in [0.1, 0.15) is 0 Å². The number of ether oxygens (including phenoxy) is 2. The summed E-state index contributed by atoms with van der Waals surface area (Å²) in [5.74, 6) is 0.989. The molecule has 0 spiro atoms. The van der Waals surface area contributed by atoms with E-state index >= 15 is 0 Å². The van der Waals surface area contributed by atoms with Gasteiger partial charge in [0.2, 0.25) is 0 Å². The van der Waals surface area contributed by atoms with Crippen molar-refractivity contribution in [3.63, 3.8) is 0 Å². The van der Waals surface area contributed by atoms with Crippen LogP contribution in [0.1, 0.15) is 59.3 Å².